The van der Waals surface area contributed by atoms with Crippen LogP contribution in [0.3, 0.4) is 0 Å². The molecule has 2 rings (SSSR count). The van der Waals surface area contributed by atoms with Crippen molar-refractivity contribution in [3.8, 4) is 0 Å². The average molecular weight is 261 g/mol. The molecule has 1 atom stereocenters. The van der Waals surface area contributed by atoms with Crippen LogP contribution in [-0.4, -0.2) is 24.0 Å². The first kappa shape index (κ1) is 14.0. The molecule has 1 aliphatic rings. The molecule has 1 fully saturated rings. The summed E-state index contributed by atoms with van der Waals surface area (Å²) in [4.78, 5) is 16.1. The van der Waals surface area contributed by atoms with E-state index >= 15 is 0 Å². The van der Waals surface area contributed by atoms with Crippen molar-refractivity contribution in [3.63, 3.8) is 0 Å². The fourth-order valence-corrected chi connectivity index (χ4v) is 2.71. The molecule has 1 aliphatic heterocycles. The molecule has 0 spiro atoms. The van der Waals surface area contributed by atoms with Crippen LogP contribution in [0.2, 0.25) is 0 Å². The highest BCUT2D eigenvalue weighted by molar-refractivity contribution is 5.90. The standard InChI is InChI=1S/C15H23N3O/c1-11-7-14(10-17-9-11)18-15(19)8-12(2)13-3-5-16-6-4-13/h7,9-10,12-13,16H,3-6,8H2,1-2H3,(H,18,19). The molecule has 4 heteroatoms. The second kappa shape index (κ2) is 6.66. The van der Waals surface area contributed by atoms with Gasteiger partial charge >= 0.3 is 0 Å². The smallest absolute Gasteiger partial charge is 0.224 e. The maximum absolute atomic E-state index is 12.0. The van der Waals surface area contributed by atoms with Gasteiger partial charge in [0.1, 0.15) is 0 Å². The van der Waals surface area contributed by atoms with Gasteiger partial charge in [0.2, 0.25) is 5.91 Å². The Morgan fingerprint density at radius 2 is 2.21 bits per heavy atom. The molecule has 1 unspecified atom stereocenters. The van der Waals surface area contributed by atoms with Crippen molar-refractivity contribution >= 4 is 11.6 Å². The SMILES string of the molecule is Cc1cncc(NC(=O)CC(C)C2CCNCC2)c1. The van der Waals surface area contributed by atoms with Crippen LogP contribution in [0.4, 0.5) is 5.69 Å². The van der Waals surface area contributed by atoms with Crippen molar-refractivity contribution < 1.29 is 4.79 Å². The van der Waals surface area contributed by atoms with E-state index in [-0.39, 0.29) is 5.91 Å². The summed E-state index contributed by atoms with van der Waals surface area (Å²) in [6.07, 6.45) is 6.44. The zero-order valence-corrected chi connectivity index (χ0v) is 11.8. The summed E-state index contributed by atoms with van der Waals surface area (Å²) in [6, 6.07) is 1.94. The number of nitrogens with one attached hydrogen (secondary N) is 2. The second-order valence-electron chi connectivity index (χ2n) is 5.57. The zero-order valence-electron chi connectivity index (χ0n) is 11.8. The maximum Gasteiger partial charge on any atom is 0.224 e. The van der Waals surface area contributed by atoms with Gasteiger partial charge in [0.25, 0.3) is 0 Å². The lowest BCUT2D eigenvalue weighted by Gasteiger charge is -2.27. The predicted octanol–water partition coefficient (Wildman–Crippen LogP) is 2.35. The summed E-state index contributed by atoms with van der Waals surface area (Å²) < 4.78 is 0. The first-order valence-electron chi connectivity index (χ1n) is 7.07. The highest BCUT2D eigenvalue weighted by atomic mass is 16.1. The highest BCUT2D eigenvalue weighted by Gasteiger charge is 2.21. The molecular formula is C15H23N3O. The maximum atomic E-state index is 12.0. The van der Waals surface area contributed by atoms with Crippen molar-refractivity contribution in [3.05, 3.63) is 24.0 Å². The van der Waals surface area contributed by atoms with Gasteiger partial charge in [0.05, 0.1) is 11.9 Å². The number of nitrogens with zero attached hydrogens (tertiary/aromatic N) is 1. The summed E-state index contributed by atoms with van der Waals surface area (Å²) in [7, 11) is 0. The molecule has 0 aromatic carbocycles. The third kappa shape index (κ3) is 4.31. The van der Waals surface area contributed by atoms with E-state index in [2.05, 4.69) is 22.5 Å². The summed E-state index contributed by atoms with van der Waals surface area (Å²) in [5.74, 6) is 1.21. The molecule has 19 heavy (non-hydrogen) atoms. The molecule has 2 heterocycles. The second-order valence-corrected chi connectivity index (χ2v) is 5.57. The minimum atomic E-state index is 0.0958. The average Bonchev–Trinajstić information content (AvgIpc) is 2.39. The lowest BCUT2D eigenvalue weighted by molar-refractivity contribution is -0.117. The Labute approximate surface area is 115 Å². The lowest BCUT2D eigenvalue weighted by atomic mass is 9.84. The van der Waals surface area contributed by atoms with Crippen molar-refractivity contribution in [1.29, 1.82) is 0 Å². The van der Waals surface area contributed by atoms with E-state index in [4.69, 9.17) is 0 Å². The third-order valence-corrected chi connectivity index (χ3v) is 3.85. The number of aryl methyl sites for hydroxylation is 1. The lowest BCUT2D eigenvalue weighted by Crippen LogP contribution is -2.32. The Bertz CT molecular complexity index is 427. The van der Waals surface area contributed by atoms with Gasteiger partial charge in [-0.3, -0.25) is 9.78 Å². The third-order valence-electron chi connectivity index (χ3n) is 3.85. The number of hydrogen-bond acceptors (Lipinski definition) is 3. The van der Waals surface area contributed by atoms with Crippen molar-refractivity contribution in [1.82, 2.24) is 10.3 Å². The van der Waals surface area contributed by atoms with Crippen LogP contribution in [0.15, 0.2) is 18.5 Å². The summed E-state index contributed by atoms with van der Waals surface area (Å²) in [6.45, 7) is 6.32. The van der Waals surface area contributed by atoms with E-state index in [0.29, 0.717) is 18.3 Å². The summed E-state index contributed by atoms with van der Waals surface area (Å²) in [5.41, 5.74) is 1.85. The topological polar surface area (TPSA) is 54.0 Å². The van der Waals surface area contributed by atoms with E-state index in [0.717, 1.165) is 24.3 Å². The minimum Gasteiger partial charge on any atom is -0.325 e. The van der Waals surface area contributed by atoms with E-state index < -0.39 is 0 Å². The van der Waals surface area contributed by atoms with Gasteiger partial charge in [-0.15, -0.1) is 0 Å². The fourth-order valence-electron chi connectivity index (χ4n) is 2.71. The van der Waals surface area contributed by atoms with Crippen LogP contribution in [0, 0.1) is 18.8 Å². The molecule has 2 N–H and O–H groups in total. The minimum absolute atomic E-state index is 0.0958. The summed E-state index contributed by atoms with van der Waals surface area (Å²) >= 11 is 0. The van der Waals surface area contributed by atoms with Gasteiger partial charge in [-0.1, -0.05) is 6.92 Å². The zero-order chi connectivity index (χ0) is 13.7. The Morgan fingerprint density at radius 3 is 2.89 bits per heavy atom. The predicted molar refractivity (Wildman–Crippen MR) is 77.0 cm³/mol. The Kier molecular flexibility index (Phi) is 4.91. The van der Waals surface area contributed by atoms with E-state index in [9.17, 15) is 4.79 Å². The molecule has 0 radical (unpaired) electrons. The van der Waals surface area contributed by atoms with Crippen LogP contribution in [0.1, 0.15) is 31.7 Å². The highest BCUT2D eigenvalue weighted by Crippen LogP contribution is 2.24. The Hall–Kier alpha value is -1.42. The number of piperidine rings is 1. The molecule has 0 saturated carbocycles. The molecule has 0 bridgehead atoms. The number of anilines is 1. The van der Waals surface area contributed by atoms with Crippen LogP contribution in [0.5, 0.6) is 0 Å². The molecule has 0 aliphatic carbocycles. The van der Waals surface area contributed by atoms with Gasteiger partial charge in [0.15, 0.2) is 0 Å². The number of hydrogen-bond donors (Lipinski definition) is 2. The van der Waals surface area contributed by atoms with Gasteiger partial charge in [-0.05, 0) is 56.3 Å². The Balaban J connectivity index is 1.83. The van der Waals surface area contributed by atoms with Crippen molar-refractivity contribution in [2.75, 3.05) is 18.4 Å². The van der Waals surface area contributed by atoms with Crippen molar-refractivity contribution in [2.24, 2.45) is 11.8 Å². The Morgan fingerprint density at radius 1 is 1.47 bits per heavy atom. The number of rotatable bonds is 4. The van der Waals surface area contributed by atoms with E-state index in [1.807, 2.05) is 13.0 Å². The molecular weight excluding hydrogens is 238 g/mol. The van der Waals surface area contributed by atoms with Gasteiger partial charge in [-0.2, -0.15) is 0 Å². The van der Waals surface area contributed by atoms with E-state index in [1.54, 1.807) is 12.4 Å². The molecule has 1 aromatic rings. The quantitative estimate of drug-likeness (QED) is 0.874. The van der Waals surface area contributed by atoms with Gasteiger partial charge in [-0.25, -0.2) is 0 Å². The number of pyridine rings is 1. The van der Waals surface area contributed by atoms with Gasteiger partial charge < -0.3 is 10.6 Å². The molecule has 4 nitrogen and oxygen atoms in total. The van der Waals surface area contributed by atoms with Gasteiger partial charge in [0, 0.05) is 12.6 Å². The number of carbonyl (C=O) groups excluding carboxylic acids is 1. The molecule has 1 saturated heterocycles. The number of carbonyl (C=O) groups is 1. The molecule has 104 valence electrons. The van der Waals surface area contributed by atoms with Crippen LogP contribution < -0.4 is 10.6 Å². The largest absolute Gasteiger partial charge is 0.325 e. The number of aromatic nitrogens is 1. The molecule has 1 amide bonds. The normalized spacial score (nSPS) is 18.0. The van der Waals surface area contributed by atoms with Crippen LogP contribution in [-0.2, 0) is 4.79 Å². The fraction of sp³-hybridized carbons (Fsp3) is 0.600. The number of amides is 1. The van der Waals surface area contributed by atoms with Crippen LogP contribution >= 0.6 is 0 Å². The van der Waals surface area contributed by atoms with Crippen molar-refractivity contribution in [2.45, 2.75) is 33.1 Å². The summed E-state index contributed by atoms with van der Waals surface area (Å²) in [5, 5.41) is 6.30. The monoisotopic (exact) mass is 261 g/mol. The first-order chi connectivity index (χ1) is 9.15. The van der Waals surface area contributed by atoms with E-state index in [1.165, 1.54) is 12.8 Å². The first-order valence-corrected chi connectivity index (χ1v) is 7.07. The van der Waals surface area contributed by atoms with Crippen LogP contribution in [0.25, 0.3) is 0 Å². The molecule has 1 aromatic heterocycles.